The molecule has 0 radical (unpaired) electrons. The summed E-state index contributed by atoms with van der Waals surface area (Å²) in [7, 11) is 1.77. The smallest absolute Gasteiger partial charge is 0.236 e. The van der Waals surface area contributed by atoms with Gasteiger partial charge in [-0.15, -0.1) is 0 Å². The van der Waals surface area contributed by atoms with E-state index in [4.69, 9.17) is 16.9 Å². The maximum Gasteiger partial charge on any atom is 0.236 e. The molecule has 1 unspecified atom stereocenters. The van der Waals surface area contributed by atoms with E-state index in [1.807, 2.05) is 29.2 Å². The first-order valence-corrected chi connectivity index (χ1v) is 7.30. The number of hydrogen-bond donors (Lipinski definition) is 1. The summed E-state index contributed by atoms with van der Waals surface area (Å²) < 4.78 is 0. The molecule has 112 valence electrons. The third-order valence-electron chi connectivity index (χ3n) is 3.58. The summed E-state index contributed by atoms with van der Waals surface area (Å²) in [5, 5.41) is 12.9. The van der Waals surface area contributed by atoms with Gasteiger partial charge in [0.15, 0.2) is 0 Å². The van der Waals surface area contributed by atoms with Gasteiger partial charge in [0.1, 0.15) is 6.04 Å². The van der Waals surface area contributed by atoms with E-state index >= 15 is 0 Å². The number of carbonyl (C=O) groups is 1. The number of rotatable bonds is 4. The number of piperazine rings is 1. The number of likely N-dealkylation sites (N-methyl/N-ethyl adjacent to an activating group) is 1. The molecule has 1 aliphatic rings. The lowest BCUT2D eigenvalue weighted by atomic mass is 10.2. The van der Waals surface area contributed by atoms with Gasteiger partial charge in [-0.25, -0.2) is 0 Å². The average molecular weight is 307 g/mol. The second-order valence-electron chi connectivity index (χ2n) is 5.20. The predicted octanol–water partition coefficient (Wildman–Crippen LogP) is 1.10. The molecule has 0 saturated carbocycles. The Kier molecular flexibility index (Phi) is 5.57. The molecule has 1 saturated heterocycles. The van der Waals surface area contributed by atoms with Crippen LogP contribution in [0.3, 0.4) is 0 Å². The minimum atomic E-state index is -0.234. The summed E-state index contributed by atoms with van der Waals surface area (Å²) in [6, 6.07) is 9.48. The molecular weight excluding hydrogens is 288 g/mol. The van der Waals surface area contributed by atoms with Crippen LogP contribution in [-0.4, -0.2) is 55.0 Å². The van der Waals surface area contributed by atoms with Crippen molar-refractivity contribution < 1.29 is 4.79 Å². The van der Waals surface area contributed by atoms with Crippen LogP contribution in [0.1, 0.15) is 5.56 Å². The number of benzene rings is 1. The summed E-state index contributed by atoms with van der Waals surface area (Å²) in [6.07, 6.45) is 0. The van der Waals surface area contributed by atoms with E-state index in [-0.39, 0.29) is 18.5 Å². The minimum Gasteiger partial charge on any atom is -0.340 e. The van der Waals surface area contributed by atoms with Gasteiger partial charge in [-0.1, -0.05) is 23.7 Å². The van der Waals surface area contributed by atoms with Gasteiger partial charge in [-0.3, -0.25) is 9.69 Å². The quantitative estimate of drug-likeness (QED) is 0.905. The predicted molar refractivity (Wildman–Crippen MR) is 81.8 cm³/mol. The first kappa shape index (κ1) is 15.8. The first-order valence-electron chi connectivity index (χ1n) is 6.93. The fraction of sp³-hybridized carbons (Fsp3) is 0.467. The van der Waals surface area contributed by atoms with Gasteiger partial charge in [0.05, 0.1) is 12.6 Å². The maximum atomic E-state index is 12.3. The van der Waals surface area contributed by atoms with Gasteiger partial charge in [-0.2, -0.15) is 5.26 Å². The number of halogens is 1. The standard InChI is InChI=1S/C15H19ClN4O/c1-19(10-12-3-2-4-13(16)7-12)15(21)11-20-6-5-18-9-14(20)8-17/h2-4,7,14,18H,5-6,9-11H2,1H3. The molecule has 1 aliphatic heterocycles. The third-order valence-corrected chi connectivity index (χ3v) is 3.81. The first-order chi connectivity index (χ1) is 10.1. The zero-order chi connectivity index (χ0) is 15.2. The van der Waals surface area contributed by atoms with Crippen molar-refractivity contribution in [2.75, 3.05) is 33.2 Å². The average Bonchev–Trinajstić information content (AvgIpc) is 2.47. The van der Waals surface area contributed by atoms with Crippen LogP contribution in [-0.2, 0) is 11.3 Å². The van der Waals surface area contributed by atoms with Crippen molar-refractivity contribution in [2.45, 2.75) is 12.6 Å². The summed E-state index contributed by atoms with van der Waals surface area (Å²) >= 11 is 5.95. The maximum absolute atomic E-state index is 12.3. The monoisotopic (exact) mass is 306 g/mol. The highest BCUT2D eigenvalue weighted by Crippen LogP contribution is 2.12. The molecule has 0 aromatic heterocycles. The number of nitrogens with zero attached hydrogens (tertiary/aromatic N) is 3. The van der Waals surface area contributed by atoms with Crippen molar-refractivity contribution in [2.24, 2.45) is 0 Å². The second kappa shape index (κ2) is 7.41. The molecule has 1 heterocycles. The third kappa shape index (κ3) is 4.43. The molecule has 6 heteroatoms. The van der Waals surface area contributed by atoms with Gasteiger partial charge in [0, 0.05) is 38.2 Å². The molecule has 5 nitrogen and oxygen atoms in total. The topological polar surface area (TPSA) is 59.4 Å². The Morgan fingerprint density at radius 2 is 2.43 bits per heavy atom. The van der Waals surface area contributed by atoms with Crippen LogP contribution < -0.4 is 5.32 Å². The molecule has 1 fully saturated rings. The largest absolute Gasteiger partial charge is 0.340 e. The summed E-state index contributed by atoms with van der Waals surface area (Å²) in [4.78, 5) is 15.9. The summed E-state index contributed by atoms with van der Waals surface area (Å²) in [5.74, 6) is 0.0112. The zero-order valence-electron chi connectivity index (χ0n) is 12.1. The number of carbonyl (C=O) groups excluding carboxylic acids is 1. The van der Waals surface area contributed by atoms with E-state index in [1.54, 1.807) is 11.9 Å². The summed E-state index contributed by atoms with van der Waals surface area (Å²) in [6.45, 7) is 2.93. The Bertz CT molecular complexity index is 543. The zero-order valence-corrected chi connectivity index (χ0v) is 12.8. The highest BCUT2D eigenvalue weighted by molar-refractivity contribution is 6.30. The van der Waals surface area contributed by atoms with Crippen LogP contribution in [0.25, 0.3) is 0 Å². The van der Waals surface area contributed by atoms with E-state index in [1.165, 1.54) is 0 Å². The van der Waals surface area contributed by atoms with E-state index in [0.717, 1.165) is 18.7 Å². The second-order valence-corrected chi connectivity index (χ2v) is 5.64. The fourth-order valence-corrected chi connectivity index (χ4v) is 2.57. The number of nitrogens with one attached hydrogen (secondary N) is 1. The van der Waals surface area contributed by atoms with Gasteiger partial charge in [0.2, 0.25) is 5.91 Å². The van der Waals surface area contributed by atoms with Crippen molar-refractivity contribution in [1.82, 2.24) is 15.1 Å². The van der Waals surface area contributed by atoms with Crippen LogP contribution >= 0.6 is 11.6 Å². The molecular formula is C15H19ClN4O. The molecule has 0 aliphatic carbocycles. The van der Waals surface area contributed by atoms with Crippen molar-refractivity contribution >= 4 is 17.5 Å². The molecule has 0 bridgehead atoms. The molecule has 1 atom stereocenters. The van der Waals surface area contributed by atoms with Crippen LogP contribution in [0, 0.1) is 11.3 Å². The van der Waals surface area contributed by atoms with Crippen molar-refractivity contribution in [3.63, 3.8) is 0 Å². The molecule has 0 spiro atoms. The molecule has 21 heavy (non-hydrogen) atoms. The lowest BCUT2D eigenvalue weighted by molar-refractivity contribution is -0.132. The summed E-state index contributed by atoms with van der Waals surface area (Å²) in [5.41, 5.74) is 0.996. The number of amides is 1. The van der Waals surface area contributed by atoms with Crippen molar-refractivity contribution in [1.29, 1.82) is 5.26 Å². The van der Waals surface area contributed by atoms with Gasteiger partial charge in [0.25, 0.3) is 0 Å². The molecule has 2 rings (SSSR count). The highest BCUT2D eigenvalue weighted by Gasteiger charge is 2.24. The Labute approximate surface area is 130 Å². The van der Waals surface area contributed by atoms with E-state index in [0.29, 0.717) is 18.1 Å². The number of hydrogen-bond acceptors (Lipinski definition) is 4. The Morgan fingerprint density at radius 1 is 1.62 bits per heavy atom. The van der Waals surface area contributed by atoms with Crippen LogP contribution in [0.5, 0.6) is 0 Å². The normalized spacial score (nSPS) is 19.0. The SMILES string of the molecule is CN(Cc1cccc(Cl)c1)C(=O)CN1CCNCC1C#N. The Hall–Kier alpha value is -1.61. The van der Waals surface area contributed by atoms with Crippen LogP contribution in [0.4, 0.5) is 0 Å². The van der Waals surface area contributed by atoms with E-state index in [9.17, 15) is 4.79 Å². The Morgan fingerprint density at radius 3 is 3.14 bits per heavy atom. The Balaban J connectivity index is 1.91. The van der Waals surface area contributed by atoms with E-state index in [2.05, 4.69) is 11.4 Å². The lowest BCUT2D eigenvalue weighted by Crippen LogP contribution is -2.53. The van der Waals surface area contributed by atoms with Crippen LogP contribution in [0.15, 0.2) is 24.3 Å². The molecule has 1 aromatic rings. The van der Waals surface area contributed by atoms with E-state index < -0.39 is 0 Å². The molecule has 1 aromatic carbocycles. The highest BCUT2D eigenvalue weighted by atomic mass is 35.5. The van der Waals surface area contributed by atoms with Gasteiger partial charge >= 0.3 is 0 Å². The molecule has 1 amide bonds. The molecule has 1 N–H and O–H groups in total. The fourth-order valence-electron chi connectivity index (χ4n) is 2.35. The number of nitriles is 1. The van der Waals surface area contributed by atoms with Gasteiger partial charge in [-0.05, 0) is 17.7 Å². The van der Waals surface area contributed by atoms with Gasteiger partial charge < -0.3 is 10.2 Å². The lowest BCUT2D eigenvalue weighted by Gasteiger charge is -2.32. The van der Waals surface area contributed by atoms with Crippen molar-refractivity contribution in [3.8, 4) is 6.07 Å². The minimum absolute atomic E-state index is 0.0112. The van der Waals surface area contributed by atoms with Crippen molar-refractivity contribution in [3.05, 3.63) is 34.9 Å². The van der Waals surface area contributed by atoms with Crippen LogP contribution in [0.2, 0.25) is 5.02 Å².